The summed E-state index contributed by atoms with van der Waals surface area (Å²) in [4.78, 5) is 17.5. The van der Waals surface area contributed by atoms with Crippen molar-refractivity contribution in [3.8, 4) is 0 Å². The minimum Gasteiger partial charge on any atom is -0.392 e. The Hall–Kier alpha value is -0.940. The van der Waals surface area contributed by atoms with Gasteiger partial charge in [0.25, 0.3) is 0 Å². The van der Waals surface area contributed by atoms with Crippen LogP contribution in [0.3, 0.4) is 0 Å². The number of carbonyl (C=O) groups excluding carboxylic acids is 1. The van der Waals surface area contributed by atoms with E-state index in [2.05, 4.69) is 20.9 Å². The summed E-state index contributed by atoms with van der Waals surface area (Å²) in [6, 6.07) is 1.73. The fourth-order valence-electron chi connectivity index (χ4n) is 1.69. The Morgan fingerprint density at radius 3 is 3.07 bits per heavy atom. The Bertz CT molecular complexity index is 383. The summed E-state index contributed by atoms with van der Waals surface area (Å²) < 4.78 is 0. The van der Waals surface area contributed by atoms with E-state index >= 15 is 0 Å². The number of halogens is 1. The van der Waals surface area contributed by atoms with E-state index in [0.717, 1.165) is 5.56 Å². The molecule has 0 bridgehead atoms. The van der Waals surface area contributed by atoms with Gasteiger partial charge in [-0.1, -0.05) is 15.9 Å². The Labute approximate surface area is 96.1 Å². The highest BCUT2D eigenvalue weighted by atomic mass is 79.9. The maximum absolute atomic E-state index is 11.6. The molecule has 1 aromatic rings. The molecular formula is C10H11BrN2O2. The van der Waals surface area contributed by atoms with Crippen molar-refractivity contribution in [3.05, 3.63) is 24.0 Å². The summed E-state index contributed by atoms with van der Waals surface area (Å²) in [5.74, 6) is 0.0691. The predicted octanol–water partition coefficient (Wildman–Crippen LogP) is 1.07. The number of anilines is 1. The second-order valence-corrected chi connectivity index (χ2v) is 4.76. The third-order valence-electron chi connectivity index (χ3n) is 2.43. The van der Waals surface area contributed by atoms with E-state index in [4.69, 9.17) is 5.11 Å². The number of alkyl halides is 1. The molecule has 1 amide bonds. The molecule has 80 valence electrons. The molecule has 1 N–H and O–H groups in total. The quantitative estimate of drug-likeness (QED) is 0.819. The Balaban J connectivity index is 2.33. The number of aliphatic hydroxyl groups is 1. The van der Waals surface area contributed by atoms with Crippen LogP contribution in [-0.4, -0.2) is 27.4 Å². The molecule has 1 saturated heterocycles. The lowest BCUT2D eigenvalue weighted by Crippen LogP contribution is -2.25. The number of hydrogen-bond donors (Lipinski definition) is 1. The first-order valence-corrected chi connectivity index (χ1v) is 5.62. The van der Waals surface area contributed by atoms with Gasteiger partial charge in [-0.15, -0.1) is 0 Å². The molecule has 1 atom stereocenters. The van der Waals surface area contributed by atoms with Crippen LogP contribution in [0.5, 0.6) is 0 Å². The zero-order valence-corrected chi connectivity index (χ0v) is 9.64. The molecule has 1 fully saturated rings. The lowest BCUT2D eigenvalue weighted by atomic mass is 10.2. The first-order chi connectivity index (χ1) is 7.22. The second kappa shape index (κ2) is 4.28. The average Bonchev–Trinajstić information content (AvgIpc) is 2.57. The van der Waals surface area contributed by atoms with E-state index < -0.39 is 0 Å². The van der Waals surface area contributed by atoms with Crippen molar-refractivity contribution >= 4 is 27.5 Å². The average molecular weight is 271 g/mol. The summed E-state index contributed by atoms with van der Waals surface area (Å²) in [6.07, 6.45) is 3.73. The van der Waals surface area contributed by atoms with Gasteiger partial charge in [0.1, 0.15) is 0 Å². The van der Waals surface area contributed by atoms with Crippen molar-refractivity contribution < 1.29 is 9.90 Å². The van der Waals surface area contributed by atoms with Crippen LogP contribution in [0, 0.1) is 0 Å². The van der Waals surface area contributed by atoms with Crippen LogP contribution in [0.25, 0.3) is 0 Å². The Kier molecular flexibility index (Phi) is 3.02. The first-order valence-electron chi connectivity index (χ1n) is 4.70. The summed E-state index contributed by atoms with van der Waals surface area (Å²) in [5, 5.41) is 9.15. The molecule has 4 nitrogen and oxygen atoms in total. The molecule has 1 aromatic heterocycles. The van der Waals surface area contributed by atoms with Crippen LogP contribution >= 0.6 is 15.9 Å². The minimum absolute atomic E-state index is 0.0691. The highest BCUT2D eigenvalue weighted by Crippen LogP contribution is 2.27. The van der Waals surface area contributed by atoms with Gasteiger partial charge in [-0.2, -0.15) is 0 Å². The first kappa shape index (κ1) is 10.6. The minimum atomic E-state index is -0.0748. The van der Waals surface area contributed by atoms with E-state index in [1.54, 1.807) is 23.4 Å². The number of nitrogens with zero attached hydrogens (tertiary/aromatic N) is 2. The van der Waals surface area contributed by atoms with E-state index in [1.165, 1.54) is 0 Å². The van der Waals surface area contributed by atoms with Crippen LogP contribution in [-0.2, 0) is 11.4 Å². The maximum atomic E-state index is 11.6. The highest BCUT2D eigenvalue weighted by molar-refractivity contribution is 9.09. The van der Waals surface area contributed by atoms with Gasteiger partial charge < -0.3 is 10.0 Å². The maximum Gasteiger partial charge on any atom is 0.228 e. The van der Waals surface area contributed by atoms with Crippen molar-refractivity contribution in [1.82, 2.24) is 4.98 Å². The Morgan fingerprint density at radius 2 is 2.47 bits per heavy atom. The molecule has 0 radical (unpaired) electrons. The predicted molar refractivity (Wildman–Crippen MR) is 59.8 cm³/mol. The van der Waals surface area contributed by atoms with Crippen molar-refractivity contribution in [2.75, 3.05) is 11.4 Å². The number of pyridine rings is 1. The summed E-state index contributed by atoms with van der Waals surface area (Å²) in [7, 11) is 0. The Morgan fingerprint density at radius 1 is 1.67 bits per heavy atom. The zero-order valence-electron chi connectivity index (χ0n) is 8.06. The summed E-state index contributed by atoms with van der Waals surface area (Å²) >= 11 is 3.42. The summed E-state index contributed by atoms with van der Waals surface area (Å²) in [5.41, 5.74) is 1.45. The van der Waals surface area contributed by atoms with E-state index in [1.807, 2.05) is 0 Å². The van der Waals surface area contributed by atoms with Crippen LogP contribution < -0.4 is 4.90 Å². The van der Waals surface area contributed by atoms with Gasteiger partial charge >= 0.3 is 0 Å². The number of hydrogen-bond acceptors (Lipinski definition) is 3. The zero-order chi connectivity index (χ0) is 10.8. The molecule has 15 heavy (non-hydrogen) atoms. The van der Waals surface area contributed by atoms with E-state index in [9.17, 15) is 4.79 Å². The van der Waals surface area contributed by atoms with Gasteiger partial charge in [0, 0.05) is 29.6 Å². The van der Waals surface area contributed by atoms with Gasteiger partial charge in [0.15, 0.2) is 0 Å². The van der Waals surface area contributed by atoms with Crippen LogP contribution in [0.15, 0.2) is 18.5 Å². The van der Waals surface area contributed by atoms with E-state index in [0.29, 0.717) is 18.7 Å². The van der Waals surface area contributed by atoms with Crippen molar-refractivity contribution in [1.29, 1.82) is 0 Å². The molecule has 0 aromatic carbocycles. The van der Waals surface area contributed by atoms with Crippen LogP contribution in [0.2, 0.25) is 0 Å². The number of rotatable bonds is 2. The lowest BCUT2D eigenvalue weighted by Gasteiger charge is -2.18. The largest absolute Gasteiger partial charge is 0.392 e. The number of amides is 1. The fraction of sp³-hybridized carbons (Fsp3) is 0.400. The number of carbonyl (C=O) groups is 1. The van der Waals surface area contributed by atoms with Crippen LogP contribution in [0.4, 0.5) is 5.69 Å². The normalized spacial score (nSPS) is 21.1. The van der Waals surface area contributed by atoms with Crippen molar-refractivity contribution in [2.24, 2.45) is 0 Å². The molecule has 2 heterocycles. The molecule has 1 aliphatic heterocycles. The van der Waals surface area contributed by atoms with Crippen molar-refractivity contribution in [2.45, 2.75) is 17.9 Å². The fourth-order valence-corrected chi connectivity index (χ4v) is 2.26. The van der Waals surface area contributed by atoms with Gasteiger partial charge in [-0.3, -0.25) is 9.78 Å². The third-order valence-corrected chi connectivity index (χ3v) is 3.04. The van der Waals surface area contributed by atoms with E-state index in [-0.39, 0.29) is 17.3 Å². The second-order valence-electron chi connectivity index (χ2n) is 3.47. The monoisotopic (exact) mass is 270 g/mol. The topological polar surface area (TPSA) is 53.4 Å². The standard InChI is InChI=1S/C10H11BrN2O2/c11-8-3-10(15)13(5-8)9-4-12-2-1-7(9)6-14/h1-2,4,8,14H,3,5-6H2. The number of aromatic nitrogens is 1. The summed E-state index contributed by atoms with van der Waals surface area (Å²) in [6.45, 7) is 0.562. The molecule has 1 aliphatic rings. The molecule has 0 aliphatic carbocycles. The van der Waals surface area contributed by atoms with Gasteiger partial charge in [0.2, 0.25) is 5.91 Å². The molecule has 5 heteroatoms. The van der Waals surface area contributed by atoms with Gasteiger partial charge in [-0.25, -0.2) is 0 Å². The molecule has 1 unspecified atom stereocenters. The third kappa shape index (κ3) is 2.03. The lowest BCUT2D eigenvalue weighted by molar-refractivity contribution is -0.117. The highest BCUT2D eigenvalue weighted by Gasteiger charge is 2.29. The molecule has 0 spiro atoms. The van der Waals surface area contributed by atoms with Crippen molar-refractivity contribution in [3.63, 3.8) is 0 Å². The number of aliphatic hydroxyl groups excluding tert-OH is 1. The molecular weight excluding hydrogens is 260 g/mol. The SMILES string of the molecule is O=C1CC(Br)CN1c1cnccc1CO. The molecule has 2 rings (SSSR count). The molecule has 0 saturated carbocycles. The van der Waals surface area contributed by atoms with Gasteiger partial charge in [0.05, 0.1) is 18.5 Å². The van der Waals surface area contributed by atoms with Crippen LogP contribution in [0.1, 0.15) is 12.0 Å². The van der Waals surface area contributed by atoms with Gasteiger partial charge in [-0.05, 0) is 6.07 Å². The smallest absolute Gasteiger partial charge is 0.228 e.